The van der Waals surface area contributed by atoms with Crippen LogP contribution < -0.4 is 11.5 Å². The molecule has 0 amide bonds. The second kappa shape index (κ2) is 12.4. The molecule has 0 saturated heterocycles. The van der Waals surface area contributed by atoms with E-state index in [1.54, 1.807) is 60.7 Å². The van der Waals surface area contributed by atoms with Crippen molar-refractivity contribution in [3.8, 4) is 0 Å². The van der Waals surface area contributed by atoms with Gasteiger partial charge in [-0.15, -0.1) is 0 Å². The Kier molecular flexibility index (Phi) is 9.93. The molecule has 0 bridgehead atoms. The highest BCUT2D eigenvalue weighted by Crippen LogP contribution is 2.29. The molecule has 0 spiro atoms. The molecule has 6 N–H and O–H groups in total. The van der Waals surface area contributed by atoms with E-state index in [0.717, 1.165) is 21.6 Å². The lowest BCUT2D eigenvalue weighted by atomic mass is 10.1. The lowest BCUT2D eigenvalue weighted by molar-refractivity contribution is -0.162. The van der Waals surface area contributed by atoms with Gasteiger partial charge in [-0.05, 0) is 11.1 Å². The van der Waals surface area contributed by atoms with Gasteiger partial charge in [0.2, 0.25) is 11.1 Å². The number of rotatable bonds is 13. The van der Waals surface area contributed by atoms with Crippen LogP contribution in [0.2, 0.25) is 0 Å². The summed E-state index contributed by atoms with van der Waals surface area (Å²) >= 11 is 0. The van der Waals surface area contributed by atoms with Crippen molar-refractivity contribution in [1.82, 2.24) is 0 Å². The Bertz CT molecular complexity index is 927. The van der Waals surface area contributed by atoms with E-state index >= 15 is 0 Å². The van der Waals surface area contributed by atoms with Gasteiger partial charge in [-0.25, -0.2) is 19.2 Å². The second-order valence-corrected chi connectivity index (χ2v) is 9.66. The molecule has 0 aliphatic rings. The number of esters is 2. The van der Waals surface area contributed by atoms with Crippen molar-refractivity contribution in [3.05, 3.63) is 71.8 Å². The molecule has 0 aliphatic carbocycles. The van der Waals surface area contributed by atoms with E-state index in [9.17, 15) is 29.4 Å². The van der Waals surface area contributed by atoms with Gasteiger partial charge in [0, 0.05) is 11.5 Å². The monoisotopic (exact) mass is 508 g/mol. The van der Waals surface area contributed by atoms with Crippen molar-refractivity contribution in [1.29, 1.82) is 0 Å². The molecule has 10 nitrogen and oxygen atoms in total. The van der Waals surface area contributed by atoms with E-state index in [1.807, 2.05) is 0 Å². The minimum absolute atomic E-state index is 0.165. The molecule has 0 saturated carbocycles. The van der Waals surface area contributed by atoms with Crippen LogP contribution in [-0.2, 0) is 41.9 Å². The maximum Gasteiger partial charge on any atom is 0.339 e. The first-order valence-electron chi connectivity index (χ1n) is 9.81. The van der Waals surface area contributed by atoms with Crippen LogP contribution in [-0.4, -0.2) is 56.7 Å². The van der Waals surface area contributed by atoms with E-state index in [1.165, 1.54) is 0 Å². The van der Waals surface area contributed by atoms with Gasteiger partial charge in [-0.2, -0.15) is 0 Å². The summed E-state index contributed by atoms with van der Waals surface area (Å²) in [5, 5.41) is 18.9. The maximum absolute atomic E-state index is 12.4. The fourth-order valence-corrected chi connectivity index (χ4v) is 5.03. The predicted molar refractivity (Wildman–Crippen MR) is 127 cm³/mol. The fraction of sp³-hybridized carbons (Fsp3) is 0.273. The second-order valence-electron chi connectivity index (χ2n) is 7.20. The average Bonchev–Trinajstić information content (AvgIpc) is 2.84. The van der Waals surface area contributed by atoms with Crippen LogP contribution in [0.3, 0.4) is 0 Å². The topological polar surface area (TPSA) is 179 Å². The van der Waals surface area contributed by atoms with Gasteiger partial charge in [0.05, 0.1) is 0 Å². The van der Waals surface area contributed by atoms with Gasteiger partial charge < -0.3 is 31.2 Å². The van der Waals surface area contributed by atoms with Crippen LogP contribution in [0.5, 0.6) is 0 Å². The molecule has 12 heteroatoms. The summed E-state index contributed by atoms with van der Waals surface area (Å²) in [6.07, 6.45) is 0. The first kappa shape index (κ1) is 27.2. The molecule has 0 unspecified atom stereocenters. The van der Waals surface area contributed by atoms with Crippen LogP contribution >= 0.6 is 21.6 Å². The van der Waals surface area contributed by atoms with Gasteiger partial charge in [0.15, 0.2) is 0 Å². The van der Waals surface area contributed by atoms with Gasteiger partial charge in [0.25, 0.3) is 0 Å². The highest BCUT2D eigenvalue weighted by atomic mass is 33.1. The minimum atomic E-state index is -2.39. The highest BCUT2D eigenvalue weighted by molar-refractivity contribution is 8.76. The van der Waals surface area contributed by atoms with E-state index in [4.69, 9.17) is 20.9 Å². The fourth-order valence-electron chi connectivity index (χ4n) is 2.39. The summed E-state index contributed by atoms with van der Waals surface area (Å²) in [4.78, 5) is 48.0. The summed E-state index contributed by atoms with van der Waals surface area (Å²) < 4.78 is 10.1. The molecular formula is C22H24N2O8S2. The number of carbonyl (C=O) groups is 4. The molecule has 0 aliphatic heterocycles. The highest BCUT2D eigenvalue weighted by Gasteiger charge is 2.46. The first-order valence-corrected chi connectivity index (χ1v) is 12.3. The number of aliphatic carboxylic acids is 2. The van der Waals surface area contributed by atoms with Gasteiger partial charge >= 0.3 is 23.9 Å². The molecule has 2 aromatic carbocycles. The molecular weight excluding hydrogens is 484 g/mol. The number of carboxylic acid groups (broad SMARTS) is 2. The maximum atomic E-state index is 12.4. The first-order chi connectivity index (χ1) is 16.1. The number of hydrogen-bond acceptors (Lipinski definition) is 10. The average molecular weight is 509 g/mol. The standard InChI is InChI=1S/C22H24N2O8S2/c23-21(17(25)26,19(29)31-11-15-7-3-1-4-8-15)13-33-34-14-22(24,18(27)28)20(30)32-12-16-9-5-2-6-10-16/h1-10H,11-14,23-24H2,(H,25,26)(H,27,28)/t21-,22-/m0/s1. The largest absolute Gasteiger partial charge is 0.479 e. The van der Waals surface area contributed by atoms with Crippen molar-refractivity contribution in [2.24, 2.45) is 11.5 Å². The number of hydrogen-bond donors (Lipinski definition) is 4. The Morgan fingerprint density at radius 1 is 0.676 bits per heavy atom. The van der Waals surface area contributed by atoms with Crippen molar-refractivity contribution < 1.29 is 38.9 Å². The lowest BCUT2D eigenvalue weighted by Gasteiger charge is -2.24. The third kappa shape index (κ3) is 7.22. The molecule has 0 heterocycles. The van der Waals surface area contributed by atoms with Gasteiger partial charge in [-0.1, -0.05) is 82.3 Å². The molecule has 2 aromatic rings. The normalized spacial score (nSPS) is 14.3. The lowest BCUT2D eigenvalue weighted by Crippen LogP contribution is -2.58. The zero-order valence-electron chi connectivity index (χ0n) is 17.9. The summed E-state index contributed by atoms with van der Waals surface area (Å²) in [6, 6.07) is 17.3. The molecule has 0 aromatic heterocycles. The number of nitrogens with two attached hydrogens (primary N) is 2. The van der Waals surface area contributed by atoms with Crippen LogP contribution in [0.1, 0.15) is 11.1 Å². The quantitative estimate of drug-likeness (QED) is 0.132. The van der Waals surface area contributed by atoms with E-state index in [-0.39, 0.29) is 13.2 Å². The van der Waals surface area contributed by atoms with Crippen molar-refractivity contribution in [2.75, 3.05) is 11.5 Å². The van der Waals surface area contributed by atoms with Crippen LogP contribution in [0.4, 0.5) is 0 Å². The summed E-state index contributed by atoms with van der Waals surface area (Å²) in [6.45, 7) is -0.330. The molecule has 182 valence electrons. The smallest absolute Gasteiger partial charge is 0.339 e. The Labute approximate surface area is 203 Å². The van der Waals surface area contributed by atoms with Gasteiger partial charge in [0.1, 0.15) is 13.2 Å². The Balaban J connectivity index is 1.92. The molecule has 0 radical (unpaired) electrons. The van der Waals surface area contributed by atoms with Crippen molar-refractivity contribution >= 4 is 45.5 Å². The zero-order valence-corrected chi connectivity index (χ0v) is 19.6. The third-order valence-electron chi connectivity index (χ3n) is 4.57. The van der Waals surface area contributed by atoms with E-state index < -0.39 is 46.5 Å². The SMILES string of the molecule is N[C@@](CSSC[C@](N)(C(=O)O)C(=O)OCc1ccccc1)(C(=O)O)C(=O)OCc1ccccc1. The number of carboxylic acids is 2. The number of ether oxygens (including phenoxy) is 2. The predicted octanol–water partition coefficient (Wildman–Crippen LogP) is 1.42. The number of carbonyl (C=O) groups excluding carboxylic acids is 2. The van der Waals surface area contributed by atoms with Crippen molar-refractivity contribution in [3.63, 3.8) is 0 Å². The van der Waals surface area contributed by atoms with Gasteiger partial charge in [-0.3, -0.25) is 0 Å². The Morgan fingerprint density at radius 3 is 1.29 bits per heavy atom. The summed E-state index contributed by atoms with van der Waals surface area (Å²) in [7, 11) is 1.55. The molecule has 0 fully saturated rings. The third-order valence-corrected chi connectivity index (χ3v) is 7.09. The minimum Gasteiger partial charge on any atom is -0.479 e. The molecule has 2 rings (SSSR count). The van der Waals surface area contributed by atoms with Crippen LogP contribution in [0.25, 0.3) is 0 Å². The van der Waals surface area contributed by atoms with Crippen molar-refractivity contribution in [2.45, 2.75) is 24.3 Å². The van der Waals surface area contributed by atoms with Crippen LogP contribution in [0.15, 0.2) is 60.7 Å². The zero-order chi connectivity index (χ0) is 25.2. The molecule has 34 heavy (non-hydrogen) atoms. The van der Waals surface area contributed by atoms with Crippen LogP contribution in [0, 0.1) is 0 Å². The Morgan fingerprint density at radius 2 is 1.00 bits per heavy atom. The summed E-state index contributed by atoms with van der Waals surface area (Å²) in [5.41, 5.74) is 8.08. The Hall–Kier alpha value is -3.06. The summed E-state index contributed by atoms with van der Waals surface area (Å²) in [5.74, 6) is -6.46. The number of benzene rings is 2. The van der Waals surface area contributed by atoms with E-state index in [0.29, 0.717) is 11.1 Å². The molecule has 2 atom stereocenters. The van der Waals surface area contributed by atoms with E-state index in [2.05, 4.69) is 0 Å².